The second-order valence-corrected chi connectivity index (χ2v) is 4.74. The molecule has 1 rings (SSSR count). The lowest BCUT2D eigenvalue weighted by Gasteiger charge is -2.16. The molecule has 3 N–H and O–H groups in total. The molecule has 0 unspecified atom stereocenters. The van der Waals surface area contributed by atoms with Gasteiger partial charge >= 0.3 is 11.9 Å². The number of nitrogens with zero attached hydrogens (tertiary/aromatic N) is 1. The van der Waals surface area contributed by atoms with Crippen molar-refractivity contribution >= 4 is 23.5 Å². The molecule has 0 aliphatic carbocycles. The summed E-state index contributed by atoms with van der Waals surface area (Å²) in [6.45, 7) is 0. The van der Waals surface area contributed by atoms with Crippen molar-refractivity contribution in [2.24, 2.45) is 0 Å². The van der Waals surface area contributed by atoms with Crippen LogP contribution in [-0.2, 0) is 9.59 Å². The van der Waals surface area contributed by atoms with Crippen LogP contribution in [0.25, 0.3) is 0 Å². The number of rotatable bonds is 7. The normalized spacial score (nSPS) is 11.5. The topological polar surface area (TPSA) is 107 Å². The molecular formula is C14H18N2O5. The first-order valence-corrected chi connectivity index (χ1v) is 6.34. The van der Waals surface area contributed by atoms with Gasteiger partial charge in [-0.25, -0.2) is 4.79 Å². The minimum absolute atomic E-state index is 0.163. The average molecular weight is 294 g/mol. The Morgan fingerprint density at radius 2 is 1.90 bits per heavy atom. The van der Waals surface area contributed by atoms with Crippen LogP contribution in [0.1, 0.15) is 23.2 Å². The molecule has 0 bridgehead atoms. The van der Waals surface area contributed by atoms with Gasteiger partial charge in [0.15, 0.2) is 0 Å². The Balaban J connectivity index is 2.79. The highest BCUT2D eigenvalue weighted by atomic mass is 16.4. The van der Waals surface area contributed by atoms with Gasteiger partial charge in [0.05, 0.1) is 0 Å². The first kappa shape index (κ1) is 16.5. The van der Waals surface area contributed by atoms with Gasteiger partial charge in [-0.05, 0) is 24.6 Å². The fourth-order valence-electron chi connectivity index (χ4n) is 1.69. The van der Waals surface area contributed by atoms with E-state index in [0.29, 0.717) is 5.56 Å². The van der Waals surface area contributed by atoms with Crippen molar-refractivity contribution in [2.75, 3.05) is 19.0 Å². The minimum atomic E-state index is -1.26. The van der Waals surface area contributed by atoms with Crippen LogP contribution in [0.15, 0.2) is 24.3 Å². The number of carboxylic acid groups (broad SMARTS) is 2. The van der Waals surface area contributed by atoms with Crippen LogP contribution in [0.3, 0.4) is 0 Å². The van der Waals surface area contributed by atoms with Gasteiger partial charge in [0, 0.05) is 31.8 Å². The zero-order chi connectivity index (χ0) is 16.0. The number of hydrogen-bond acceptors (Lipinski definition) is 4. The van der Waals surface area contributed by atoms with Crippen molar-refractivity contribution in [3.05, 3.63) is 29.8 Å². The van der Waals surface area contributed by atoms with E-state index in [0.717, 1.165) is 5.69 Å². The van der Waals surface area contributed by atoms with Crippen LogP contribution in [0.5, 0.6) is 0 Å². The number of hydrogen-bond donors (Lipinski definition) is 3. The second-order valence-electron chi connectivity index (χ2n) is 4.74. The highest BCUT2D eigenvalue weighted by molar-refractivity contribution is 5.97. The molecule has 0 aliphatic rings. The van der Waals surface area contributed by atoms with Gasteiger partial charge in [-0.15, -0.1) is 0 Å². The molecule has 21 heavy (non-hydrogen) atoms. The zero-order valence-corrected chi connectivity index (χ0v) is 11.9. The molecule has 1 aromatic rings. The van der Waals surface area contributed by atoms with Gasteiger partial charge in [-0.1, -0.05) is 6.07 Å². The molecule has 1 amide bonds. The van der Waals surface area contributed by atoms with Gasteiger partial charge in [0.25, 0.3) is 5.91 Å². The fraction of sp³-hybridized carbons (Fsp3) is 0.357. The standard InChI is InChI=1S/C14H18N2O5/c1-16(2)10-5-3-4-9(8-10)13(19)15-11(14(20)21)6-7-12(17)18/h3-5,8,11H,6-7H2,1-2H3,(H,15,19)(H,17,18)(H,20,21)/t11-/m0/s1. The fourth-order valence-corrected chi connectivity index (χ4v) is 1.69. The number of carbonyl (C=O) groups excluding carboxylic acids is 1. The lowest BCUT2D eigenvalue weighted by molar-refractivity contribution is -0.140. The Morgan fingerprint density at radius 1 is 1.24 bits per heavy atom. The van der Waals surface area contributed by atoms with Crippen molar-refractivity contribution in [3.63, 3.8) is 0 Å². The van der Waals surface area contributed by atoms with Crippen LogP contribution in [0, 0.1) is 0 Å². The van der Waals surface area contributed by atoms with Crippen LogP contribution in [-0.4, -0.2) is 48.2 Å². The SMILES string of the molecule is CN(C)c1cccc(C(=O)N[C@@H](CCC(=O)O)C(=O)O)c1. The quantitative estimate of drug-likeness (QED) is 0.686. The van der Waals surface area contributed by atoms with Gasteiger partial charge in [0.2, 0.25) is 0 Å². The third-order valence-electron chi connectivity index (χ3n) is 2.88. The van der Waals surface area contributed by atoms with E-state index in [9.17, 15) is 14.4 Å². The van der Waals surface area contributed by atoms with E-state index in [4.69, 9.17) is 10.2 Å². The maximum atomic E-state index is 12.0. The number of aliphatic carboxylic acids is 2. The summed E-state index contributed by atoms with van der Waals surface area (Å²) in [6, 6.07) is 5.48. The molecule has 114 valence electrons. The van der Waals surface area contributed by atoms with Crippen LogP contribution in [0.2, 0.25) is 0 Å². The maximum Gasteiger partial charge on any atom is 0.326 e. The van der Waals surface area contributed by atoms with E-state index < -0.39 is 23.9 Å². The van der Waals surface area contributed by atoms with E-state index >= 15 is 0 Å². The Labute approximate surface area is 122 Å². The monoisotopic (exact) mass is 294 g/mol. The summed E-state index contributed by atoms with van der Waals surface area (Å²) in [5, 5.41) is 19.9. The first-order chi connectivity index (χ1) is 9.81. The number of benzene rings is 1. The van der Waals surface area contributed by atoms with Gasteiger partial charge < -0.3 is 20.4 Å². The first-order valence-electron chi connectivity index (χ1n) is 6.34. The van der Waals surface area contributed by atoms with E-state index in [-0.39, 0.29) is 12.8 Å². The van der Waals surface area contributed by atoms with Gasteiger partial charge in [-0.3, -0.25) is 9.59 Å². The van der Waals surface area contributed by atoms with Crippen LogP contribution in [0.4, 0.5) is 5.69 Å². The smallest absolute Gasteiger partial charge is 0.326 e. The van der Waals surface area contributed by atoms with Crippen molar-refractivity contribution in [1.29, 1.82) is 0 Å². The summed E-state index contributed by atoms with van der Waals surface area (Å²) in [5.41, 5.74) is 1.13. The molecule has 0 heterocycles. The van der Waals surface area contributed by atoms with E-state index in [1.807, 2.05) is 25.1 Å². The van der Waals surface area contributed by atoms with Gasteiger partial charge in [0.1, 0.15) is 6.04 Å². The second kappa shape index (κ2) is 7.28. The third-order valence-corrected chi connectivity index (χ3v) is 2.88. The zero-order valence-electron chi connectivity index (χ0n) is 11.9. The summed E-state index contributed by atoms with van der Waals surface area (Å²) in [6.07, 6.45) is -0.487. The molecule has 0 aliphatic heterocycles. The van der Waals surface area contributed by atoms with E-state index in [2.05, 4.69) is 5.32 Å². The summed E-state index contributed by atoms with van der Waals surface area (Å²) in [5.74, 6) is -2.91. The maximum absolute atomic E-state index is 12.0. The Bertz CT molecular complexity index is 542. The molecular weight excluding hydrogens is 276 g/mol. The molecule has 0 aromatic heterocycles. The van der Waals surface area contributed by atoms with E-state index in [1.165, 1.54) is 0 Å². The molecule has 7 heteroatoms. The van der Waals surface area contributed by atoms with Crippen LogP contribution >= 0.6 is 0 Å². The largest absolute Gasteiger partial charge is 0.481 e. The number of carbonyl (C=O) groups is 3. The molecule has 0 saturated carbocycles. The molecule has 0 spiro atoms. The summed E-state index contributed by atoms with van der Waals surface area (Å²) in [7, 11) is 3.65. The predicted octanol–water partition coefficient (Wildman–Crippen LogP) is 0.800. The summed E-state index contributed by atoms with van der Waals surface area (Å²) < 4.78 is 0. The number of amides is 1. The number of nitrogens with one attached hydrogen (secondary N) is 1. The number of anilines is 1. The van der Waals surface area contributed by atoms with Crippen LogP contribution < -0.4 is 10.2 Å². The molecule has 1 atom stereocenters. The molecule has 0 fully saturated rings. The minimum Gasteiger partial charge on any atom is -0.481 e. The third kappa shape index (κ3) is 5.13. The molecule has 7 nitrogen and oxygen atoms in total. The molecule has 1 aromatic carbocycles. The highest BCUT2D eigenvalue weighted by Gasteiger charge is 2.21. The van der Waals surface area contributed by atoms with Crippen molar-refractivity contribution in [2.45, 2.75) is 18.9 Å². The van der Waals surface area contributed by atoms with E-state index in [1.54, 1.807) is 18.2 Å². The molecule has 0 saturated heterocycles. The van der Waals surface area contributed by atoms with Crippen molar-refractivity contribution in [1.82, 2.24) is 5.32 Å². The lowest BCUT2D eigenvalue weighted by atomic mass is 10.1. The van der Waals surface area contributed by atoms with Crippen molar-refractivity contribution < 1.29 is 24.6 Å². The highest BCUT2D eigenvalue weighted by Crippen LogP contribution is 2.13. The number of carboxylic acids is 2. The Kier molecular flexibility index (Phi) is 5.71. The Hall–Kier alpha value is -2.57. The average Bonchev–Trinajstić information content (AvgIpc) is 2.42. The predicted molar refractivity (Wildman–Crippen MR) is 76.5 cm³/mol. The van der Waals surface area contributed by atoms with Crippen molar-refractivity contribution in [3.8, 4) is 0 Å². The lowest BCUT2D eigenvalue weighted by Crippen LogP contribution is -2.41. The summed E-state index contributed by atoms with van der Waals surface area (Å²) in [4.78, 5) is 35.4. The van der Waals surface area contributed by atoms with Gasteiger partial charge in [-0.2, -0.15) is 0 Å². The summed E-state index contributed by atoms with van der Waals surface area (Å²) >= 11 is 0. The Morgan fingerprint density at radius 3 is 2.43 bits per heavy atom. The molecule has 0 radical (unpaired) electrons.